The van der Waals surface area contributed by atoms with Gasteiger partial charge >= 0.3 is 0 Å². The lowest BCUT2D eigenvalue weighted by Crippen LogP contribution is -2.42. The molecule has 4 nitrogen and oxygen atoms in total. The van der Waals surface area contributed by atoms with Crippen LogP contribution in [0.2, 0.25) is 0 Å². The summed E-state index contributed by atoms with van der Waals surface area (Å²) in [6.45, 7) is 3.86. The molecule has 22 heavy (non-hydrogen) atoms. The topological polar surface area (TPSA) is 45.7 Å². The third-order valence-corrected chi connectivity index (χ3v) is 3.47. The van der Waals surface area contributed by atoms with Crippen LogP contribution in [-0.2, 0) is 0 Å². The standard InChI is InChI=1S/C16H24FN3O.HI/c1-2-18-16(20-14-7-3-4-8-14)19-10-11-21-15-9-5-6-13(17)12-15;/h5-6,9,12,14H,2-4,7-8,10-11H2,1H3,(H2,18,19,20);1H. The van der Waals surface area contributed by atoms with Gasteiger partial charge in [0.25, 0.3) is 0 Å². The van der Waals surface area contributed by atoms with Gasteiger partial charge in [0, 0.05) is 18.7 Å². The van der Waals surface area contributed by atoms with Gasteiger partial charge in [-0.15, -0.1) is 24.0 Å². The molecule has 0 heterocycles. The Balaban J connectivity index is 0.00000242. The van der Waals surface area contributed by atoms with E-state index in [-0.39, 0.29) is 29.8 Å². The number of aliphatic imine (C=N–C) groups is 1. The molecule has 2 N–H and O–H groups in total. The van der Waals surface area contributed by atoms with E-state index in [1.165, 1.54) is 37.8 Å². The third-order valence-electron chi connectivity index (χ3n) is 3.47. The van der Waals surface area contributed by atoms with Crippen LogP contribution in [-0.4, -0.2) is 31.7 Å². The lowest BCUT2D eigenvalue weighted by Gasteiger charge is -2.16. The average Bonchev–Trinajstić information content (AvgIpc) is 2.97. The van der Waals surface area contributed by atoms with Crippen molar-refractivity contribution in [1.82, 2.24) is 10.6 Å². The first kappa shape index (κ1) is 19.0. The first-order chi connectivity index (χ1) is 10.3. The lowest BCUT2D eigenvalue weighted by atomic mass is 10.2. The Hall–Kier alpha value is -1.05. The third kappa shape index (κ3) is 6.81. The van der Waals surface area contributed by atoms with E-state index in [1.807, 2.05) is 0 Å². The molecule has 2 rings (SSSR count). The van der Waals surface area contributed by atoms with E-state index in [1.54, 1.807) is 12.1 Å². The van der Waals surface area contributed by atoms with Crippen molar-refractivity contribution >= 4 is 29.9 Å². The van der Waals surface area contributed by atoms with Gasteiger partial charge in [0.15, 0.2) is 5.96 Å². The first-order valence-corrected chi connectivity index (χ1v) is 7.71. The molecule has 0 saturated heterocycles. The highest BCUT2D eigenvalue weighted by Crippen LogP contribution is 2.17. The molecular weight excluding hydrogens is 396 g/mol. The van der Waals surface area contributed by atoms with E-state index in [4.69, 9.17) is 4.74 Å². The molecule has 0 bridgehead atoms. The largest absolute Gasteiger partial charge is 0.492 e. The molecule has 0 radical (unpaired) electrons. The van der Waals surface area contributed by atoms with Crippen LogP contribution in [0.5, 0.6) is 5.75 Å². The molecule has 124 valence electrons. The van der Waals surface area contributed by atoms with Gasteiger partial charge in [-0.25, -0.2) is 9.38 Å². The summed E-state index contributed by atoms with van der Waals surface area (Å²) in [6, 6.07) is 6.70. The molecular formula is C16H25FIN3O. The Morgan fingerprint density at radius 1 is 1.36 bits per heavy atom. The molecule has 1 aliphatic rings. The second kappa shape index (κ2) is 10.6. The molecule has 0 aromatic heterocycles. The maximum atomic E-state index is 13.0. The van der Waals surface area contributed by atoms with Crippen molar-refractivity contribution in [1.29, 1.82) is 0 Å². The second-order valence-corrected chi connectivity index (χ2v) is 5.19. The summed E-state index contributed by atoms with van der Waals surface area (Å²) in [7, 11) is 0. The van der Waals surface area contributed by atoms with Crippen LogP contribution in [0.4, 0.5) is 4.39 Å². The van der Waals surface area contributed by atoms with Gasteiger partial charge in [0.1, 0.15) is 18.2 Å². The number of ether oxygens (including phenoxy) is 1. The molecule has 1 aliphatic carbocycles. The number of hydrogen-bond acceptors (Lipinski definition) is 2. The second-order valence-electron chi connectivity index (χ2n) is 5.19. The molecule has 6 heteroatoms. The summed E-state index contributed by atoms with van der Waals surface area (Å²) in [6.07, 6.45) is 5.01. The number of guanidine groups is 1. The maximum Gasteiger partial charge on any atom is 0.191 e. The monoisotopic (exact) mass is 421 g/mol. The zero-order chi connectivity index (χ0) is 14.9. The van der Waals surface area contributed by atoms with Crippen LogP contribution < -0.4 is 15.4 Å². The molecule has 1 aromatic rings. The van der Waals surface area contributed by atoms with Crippen LogP contribution in [0.15, 0.2) is 29.3 Å². The van der Waals surface area contributed by atoms with Crippen LogP contribution >= 0.6 is 24.0 Å². The minimum atomic E-state index is -0.285. The van der Waals surface area contributed by atoms with Gasteiger partial charge < -0.3 is 15.4 Å². The van der Waals surface area contributed by atoms with E-state index in [0.29, 0.717) is 24.9 Å². The van der Waals surface area contributed by atoms with Crippen LogP contribution in [0, 0.1) is 5.82 Å². The summed E-state index contributed by atoms with van der Waals surface area (Å²) >= 11 is 0. The van der Waals surface area contributed by atoms with Crippen molar-refractivity contribution in [3.63, 3.8) is 0 Å². The van der Waals surface area contributed by atoms with Crippen molar-refractivity contribution in [2.24, 2.45) is 4.99 Å². The summed E-state index contributed by atoms with van der Waals surface area (Å²) in [5, 5.41) is 6.69. The van der Waals surface area contributed by atoms with E-state index >= 15 is 0 Å². The van der Waals surface area contributed by atoms with Gasteiger partial charge in [0.05, 0.1) is 6.54 Å². The Labute approximate surface area is 148 Å². The normalized spacial score (nSPS) is 15.3. The maximum absolute atomic E-state index is 13.0. The van der Waals surface area contributed by atoms with Crippen molar-refractivity contribution in [3.8, 4) is 5.75 Å². The fraction of sp³-hybridized carbons (Fsp3) is 0.562. The summed E-state index contributed by atoms with van der Waals surface area (Å²) in [5.41, 5.74) is 0. The van der Waals surface area contributed by atoms with Crippen LogP contribution in [0.1, 0.15) is 32.6 Å². The molecule has 0 unspecified atom stereocenters. The highest BCUT2D eigenvalue weighted by Gasteiger charge is 2.15. The van der Waals surface area contributed by atoms with Crippen LogP contribution in [0.3, 0.4) is 0 Å². The van der Waals surface area contributed by atoms with E-state index in [0.717, 1.165) is 12.5 Å². The lowest BCUT2D eigenvalue weighted by molar-refractivity contribution is 0.326. The zero-order valence-corrected chi connectivity index (χ0v) is 15.3. The number of halogens is 2. The number of rotatable bonds is 6. The molecule has 0 aliphatic heterocycles. The van der Waals surface area contributed by atoms with Crippen molar-refractivity contribution < 1.29 is 9.13 Å². The molecule has 1 aromatic carbocycles. The summed E-state index contributed by atoms with van der Waals surface area (Å²) < 4.78 is 18.5. The smallest absolute Gasteiger partial charge is 0.191 e. The van der Waals surface area contributed by atoms with Crippen molar-refractivity contribution in [2.75, 3.05) is 19.7 Å². The molecule has 0 amide bonds. The Morgan fingerprint density at radius 2 is 2.14 bits per heavy atom. The summed E-state index contributed by atoms with van der Waals surface area (Å²) in [5.74, 6) is 1.10. The van der Waals surface area contributed by atoms with Gasteiger partial charge in [0.2, 0.25) is 0 Å². The Kier molecular flexibility index (Phi) is 9.19. The Morgan fingerprint density at radius 3 is 2.82 bits per heavy atom. The van der Waals surface area contributed by atoms with E-state index in [9.17, 15) is 4.39 Å². The fourth-order valence-corrected chi connectivity index (χ4v) is 2.46. The predicted octanol–water partition coefficient (Wildman–Crippen LogP) is 3.32. The Bertz CT molecular complexity index is 464. The number of nitrogens with zero attached hydrogens (tertiary/aromatic N) is 1. The van der Waals surface area contributed by atoms with E-state index in [2.05, 4.69) is 22.5 Å². The average molecular weight is 421 g/mol. The number of nitrogens with one attached hydrogen (secondary N) is 2. The van der Waals surface area contributed by atoms with Gasteiger partial charge in [-0.2, -0.15) is 0 Å². The fourth-order valence-electron chi connectivity index (χ4n) is 2.46. The minimum Gasteiger partial charge on any atom is -0.492 e. The highest BCUT2D eigenvalue weighted by molar-refractivity contribution is 14.0. The number of benzene rings is 1. The SMILES string of the molecule is CCNC(=NCCOc1cccc(F)c1)NC1CCCC1.I. The van der Waals surface area contributed by atoms with Gasteiger partial charge in [-0.05, 0) is 31.9 Å². The van der Waals surface area contributed by atoms with Crippen molar-refractivity contribution in [3.05, 3.63) is 30.1 Å². The zero-order valence-electron chi connectivity index (χ0n) is 13.0. The molecule has 0 spiro atoms. The highest BCUT2D eigenvalue weighted by atomic mass is 127. The van der Waals surface area contributed by atoms with Gasteiger partial charge in [-0.1, -0.05) is 18.9 Å². The van der Waals surface area contributed by atoms with Crippen LogP contribution in [0.25, 0.3) is 0 Å². The summed E-state index contributed by atoms with van der Waals surface area (Å²) in [4.78, 5) is 4.49. The molecule has 1 fully saturated rings. The number of hydrogen-bond donors (Lipinski definition) is 2. The molecule has 0 atom stereocenters. The van der Waals surface area contributed by atoms with Gasteiger partial charge in [-0.3, -0.25) is 0 Å². The predicted molar refractivity (Wildman–Crippen MR) is 98.7 cm³/mol. The first-order valence-electron chi connectivity index (χ1n) is 7.71. The van der Waals surface area contributed by atoms with E-state index < -0.39 is 0 Å². The minimum absolute atomic E-state index is 0. The quantitative estimate of drug-likeness (QED) is 0.321. The van der Waals surface area contributed by atoms with Crippen molar-refractivity contribution in [2.45, 2.75) is 38.6 Å². The molecule has 1 saturated carbocycles.